The number of benzene rings is 2. The molecule has 26 heavy (non-hydrogen) atoms. The molecule has 1 heterocycles. The van der Waals surface area contributed by atoms with Gasteiger partial charge in [0.15, 0.2) is 0 Å². The second-order valence-electron chi connectivity index (χ2n) is 7.09. The molecule has 0 spiro atoms. The highest BCUT2D eigenvalue weighted by atomic mass is 16.2. The minimum atomic E-state index is -0.461. The first-order valence-corrected chi connectivity index (χ1v) is 9.14. The first kappa shape index (κ1) is 16.6. The van der Waals surface area contributed by atoms with Gasteiger partial charge >= 0.3 is 0 Å². The number of aryl methyl sites for hydroxylation is 1. The van der Waals surface area contributed by atoms with Crippen molar-refractivity contribution in [2.45, 2.75) is 37.8 Å². The number of nitrogens with zero attached hydrogens (tertiary/aromatic N) is 1. The molecule has 3 N–H and O–H groups in total. The number of hydrogen-bond acceptors (Lipinski definition) is 3. The fourth-order valence-electron chi connectivity index (χ4n) is 4.20. The van der Waals surface area contributed by atoms with Crippen LogP contribution in [0.25, 0.3) is 0 Å². The van der Waals surface area contributed by atoms with Gasteiger partial charge in [-0.15, -0.1) is 0 Å². The zero-order valence-electron chi connectivity index (χ0n) is 14.7. The summed E-state index contributed by atoms with van der Waals surface area (Å²) in [5, 5.41) is 3.16. The average Bonchev–Trinajstić information content (AvgIpc) is 3.01. The highest BCUT2D eigenvalue weighted by Gasteiger charge is 2.34. The van der Waals surface area contributed by atoms with E-state index in [9.17, 15) is 9.59 Å². The Kier molecular flexibility index (Phi) is 4.37. The molecule has 2 aromatic rings. The zero-order valence-corrected chi connectivity index (χ0v) is 14.7. The number of carbonyl (C=O) groups is 2. The van der Waals surface area contributed by atoms with Gasteiger partial charge in [-0.1, -0.05) is 42.5 Å². The lowest BCUT2D eigenvalue weighted by Gasteiger charge is -2.29. The minimum Gasteiger partial charge on any atom is -0.368 e. The first-order chi connectivity index (χ1) is 12.6. The molecular weight excluding hydrogens is 326 g/mol. The van der Waals surface area contributed by atoms with Crippen LogP contribution in [0.3, 0.4) is 0 Å². The number of nitrogens with two attached hydrogens (primary N) is 1. The number of primary amides is 1. The molecule has 1 aliphatic heterocycles. The van der Waals surface area contributed by atoms with E-state index in [1.54, 1.807) is 0 Å². The normalized spacial score (nSPS) is 21.0. The molecule has 1 aliphatic carbocycles. The van der Waals surface area contributed by atoms with Crippen LogP contribution in [0.15, 0.2) is 48.5 Å². The maximum atomic E-state index is 12.8. The number of hydrogen-bond donors (Lipinski definition) is 2. The van der Waals surface area contributed by atoms with Crippen molar-refractivity contribution in [2.24, 2.45) is 5.73 Å². The van der Waals surface area contributed by atoms with Crippen molar-refractivity contribution in [1.29, 1.82) is 0 Å². The third-order valence-corrected chi connectivity index (χ3v) is 5.44. The van der Waals surface area contributed by atoms with Gasteiger partial charge in [-0.05, 0) is 42.0 Å². The van der Waals surface area contributed by atoms with E-state index < -0.39 is 11.9 Å². The molecule has 134 valence electrons. The van der Waals surface area contributed by atoms with Crippen LogP contribution in [0.4, 0.5) is 5.69 Å². The van der Waals surface area contributed by atoms with E-state index in [2.05, 4.69) is 17.4 Å². The van der Waals surface area contributed by atoms with Crippen molar-refractivity contribution in [3.05, 3.63) is 65.2 Å². The van der Waals surface area contributed by atoms with E-state index in [1.165, 1.54) is 11.1 Å². The van der Waals surface area contributed by atoms with Crippen molar-refractivity contribution >= 4 is 17.5 Å². The van der Waals surface area contributed by atoms with Gasteiger partial charge in [-0.25, -0.2) is 0 Å². The van der Waals surface area contributed by atoms with Crippen LogP contribution in [0, 0.1) is 0 Å². The van der Waals surface area contributed by atoms with E-state index in [4.69, 9.17) is 5.73 Å². The van der Waals surface area contributed by atoms with Gasteiger partial charge in [0.05, 0.1) is 12.6 Å². The quantitative estimate of drug-likeness (QED) is 0.887. The largest absolute Gasteiger partial charge is 0.368 e. The Bertz CT molecular complexity index is 849. The molecule has 0 aromatic heterocycles. The summed E-state index contributed by atoms with van der Waals surface area (Å²) in [5.74, 6) is -0.466. The summed E-state index contributed by atoms with van der Waals surface area (Å²) in [6, 6.07) is 15.7. The summed E-state index contributed by atoms with van der Waals surface area (Å²) in [5.41, 5.74) is 10.1. The Morgan fingerprint density at radius 2 is 1.81 bits per heavy atom. The predicted molar refractivity (Wildman–Crippen MR) is 101 cm³/mol. The molecule has 2 aliphatic rings. The maximum absolute atomic E-state index is 12.8. The highest BCUT2D eigenvalue weighted by Crippen LogP contribution is 2.32. The molecule has 2 atom stereocenters. The smallest absolute Gasteiger partial charge is 0.240 e. The van der Waals surface area contributed by atoms with Gasteiger partial charge < -0.3 is 16.0 Å². The van der Waals surface area contributed by atoms with Crippen LogP contribution < -0.4 is 16.0 Å². The van der Waals surface area contributed by atoms with Crippen LogP contribution in [-0.4, -0.2) is 24.4 Å². The van der Waals surface area contributed by atoms with Crippen molar-refractivity contribution < 1.29 is 9.59 Å². The van der Waals surface area contributed by atoms with Gasteiger partial charge in [0.2, 0.25) is 11.8 Å². The number of fused-ring (bicyclic) bond motifs is 2. The van der Waals surface area contributed by atoms with Crippen LogP contribution in [0.5, 0.6) is 0 Å². The number of carbonyl (C=O) groups excluding carboxylic acids is 2. The monoisotopic (exact) mass is 349 g/mol. The fourth-order valence-corrected chi connectivity index (χ4v) is 4.20. The molecule has 2 aromatic carbocycles. The van der Waals surface area contributed by atoms with E-state index in [0.29, 0.717) is 6.42 Å². The summed E-state index contributed by atoms with van der Waals surface area (Å²) in [6.45, 7) is 0.142. The summed E-state index contributed by atoms with van der Waals surface area (Å²) < 4.78 is 0. The summed E-state index contributed by atoms with van der Waals surface area (Å²) in [4.78, 5) is 26.4. The fraction of sp³-hybridized carbons (Fsp3) is 0.333. The standard InChI is InChI=1S/C21H23N3O2/c22-21(26)19-12-15-7-2-4-11-18(15)24(19)13-20(25)23-17-10-5-8-14-6-1-3-9-16(14)17/h1-4,6-7,9,11,17,19H,5,8,10,12-13H2,(H2,22,26)(H,23,25)/t17-,19-/m0/s1. The molecular formula is C21H23N3O2. The van der Waals surface area contributed by atoms with Crippen LogP contribution in [0.2, 0.25) is 0 Å². The Morgan fingerprint density at radius 1 is 1.08 bits per heavy atom. The molecule has 5 nitrogen and oxygen atoms in total. The van der Waals surface area contributed by atoms with Gasteiger partial charge in [-0.2, -0.15) is 0 Å². The van der Waals surface area contributed by atoms with E-state index in [0.717, 1.165) is 30.5 Å². The predicted octanol–water partition coefficient (Wildman–Crippen LogP) is 2.10. The van der Waals surface area contributed by atoms with Gasteiger partial charge in [-0.3, -0.25) is 9.59 Å². The Hall–Kier alpha value is -2.82. The molecule has 0 unspecified atom stereocenters. The summed E-state index contributed by atoms with van der Waals surface area (Å²) >= 11 is 0. The number of rotatable bonds is 4. The molecule has 0 saturated heterocycles. The molecule has 5 heteroatoms. The molecule has 0 fully saturated rings. The van der Waals surface area contributed by atoms with Crippen molar-refractivity contribution in [3.63, 3.8) is 0 Å². The first-order valence-electron chi connectivity index (χ1n) is 9.14. The van der Waals surface area contributed by atoms with Crippen molar-refractivity contribution in [1.82, 2.24) is 5.32 Å². The van der Waals surface area contributed by atoms with Gasteiger partial charge in [0, 0.05) is 12.1 Å². The Labute approximate surface area is 153 Å². The third-order valence-electron chi connectivity index (χ3n) is 5.44. The van der Waals surface area contributed by atoms with Crippen molar-refractivity contribution in [2.75, 3.05) is 11.4 Å². The molecule has 0 radical (unpaired) electrons. The maximum Gasteiger partial charge on any atom is 0.240 e. The summed E-state index contributed by atoms with van der Waals surface area (Å²) in [6.07, 6.45) is 3.63. The van der Waals surface area contributed by atoms with Crippen LogP contribution in [-0.2, 0) is 22.4 Å². The molecule has 2 amide bonds. The number of amides is 2. The molecule has 0 saturated carbocycles. The minimum absolute atomic E-state index is 0.0392. The topological polar surface area (TPSA) is 75.4 Å². The second kappa shape index (κ2) is 6.83. The lowest BCUT2D eigenvalue weighted by Crippen LogP contribution is -2.48. The SMILES string of the molecule is NC(=O)[C@@H]1Cc2ccccc2N1CC(=O)N[C@H]1CCCc2ccccc21. The molecule has 0 bridgehead atoms. The van der Waals surface area contributed by atoms with Crippen LogP contribution >= 0.6 is 0 Å². The van der Waals surface area contributed by atoms with E-state index in [1.807, 2.05) is 41.3 Å². The number of anilines is 1. The second-order valence-corrected chi connectivity index (χ2v) is 7.09. The number of para-hydroxylation sites is 1. The van der Waals surface area contributed by atoms with E-state index >= 15 is 0 Å². The third kappa shape index (κ3) is 3.05. The number of nitrogens with one attached hydrogen (secondary N) is 1. The van der Waals surface area contributed by atoms with Gasteiger partial charge in [0.1, 0.15) is 6.04 Å². The average molecular weight is 349 g/mol. The lowest BCUT2D eigenvalue weighted by atomic mass is 9.88. The summed E-state index contributed by atoms with van der Waals surface area (Å²) in [7, 11) is 0. The Balaban J connectivity index is 1.50. The Morgan fingerprint density at radius 3 is 2.62 bits per heavy atom. The lowest BCUT2D eigenvalue weighted by molar-refractivity contribution is -0.121. The van der Waals surface area contributed by atoms with Crippen LogP contribution in [0.1, 0.15) is 35.6 Å². The van der Waals surface area contributed by atoms with Crippen molar-refractivity contribution in [3.8, 4) is 0 Å². The highest BCUT2D eigenvalue weighted by molar-refractivity contribution is 5.91. The van der Waals surface area contributed by atoms with Gasteiger partial charge in [0.25, 0.3) is 0 Å². The van der Waals surface area contributed by atoms with E-state index in [-0.39, 0.29) is 18.5 Å². The zero-order chi connectivity index (χ0) is 18.1. The molecule has 4 rings (SSSR count).